The number of pyridine rings is 1. The third kappa shape index (κ3) is 5.16. The normalized spacial score (nSPS) is 18.6. The molecule has 1 fully saturated rings. The molecule has 182 valence electrons. The van der Waals surface area contributed by atoms with E-state index in [1.807, 2.05) is 6.07 Å². The average Bonchev–Trinajstić information content (AvgIpc) is 3.43. The highest BCUT2D eigenvalue weighted by atomic mass is 35.5. The first-order valence-electron chi connectivity index (χ1n) is 10.2. The standard InChI is InChI=1S/C21H21ClN6O3S.2ClH/c1-11-6-12(23)9-28(8-11)15-4-5-24-7-14(15)25-20(29)21-26-19(27-32-21)17-13(22)2-3-16-18(17)31-10-30-16;;/h2-5,7,11-12H,6,8-10,23H2,1H3,(H,25,29);2*1H/t11-,12+;;/m1../s1. The summed E-state index contributed by atoms with van der Waals surface area (Å²) in [6.45, 7) is 3.86. The molecule has 0 spiro atoms. The number of ether oxygens (including phenoxy) is 2. The first kappa shape index (κ1) is 26.2. The van der Waals surface area contributed by atoms with E-state index in [-0.39, 0.29) is 48.6 Å². The number of fused-ring (bicyclic) bond motifs is 1. The molecule has 2 aromatic heterocycles. The minimum atomic E-state index is -0.377. The van der Waals surface area contributed by atoms with Crippen LogP contribution in [0.2, 0.25) is 5.02 Å². The van der Waals surface area contributed by atoms with Crippen molar-refractivity contribution in [2.75, 3.05) is 30.1 Å². The van der Waals surface area contributed by atoms with Gasteiger partial charge in [0.15, 0.2) is 17.3 Å². The van der Waals surface area contributed by atoms with E-state index >= 15 is 0 Å². The number of benzene rings is 1. The maximum atomic E-state index is 13.0. The predicted octanol–water partition coefficient (Wildman–Crippen LogP) is 4.25. The molecule has 9 nitrogen and oxygen atoms in total. The lowest BCUT2D eigenvalue weighted by Crippen LogP contribution is -2.46. The number of halogens is 3. The van der Waals surface area contributed by atoms with Crippen molar-refractivity contribution in [1.29, 1.82) is 0 Å². The zero-order valence-electron chi connectivity index (χ0n) is 18.1. The van der Waals surface area contributed by atoms with E-state index in [2.05, 4.69) is 31.5 Å². The molecule has 0 aliphatic carbocycles. The third-order valence-electron chi connectivity index (χ3n) is 5.41. The van der Waals surface area contributed by atoms with Gasteiger partial charge in [-0.3, -0.25) is 9.78 Å². The molecule has 0 bridgehead atoms. The zero-order valence-corrected chi connectivity index (χ0v) is 21.3. The summed E-state index contributed by atoms with van der Waals surface area (Å²) in [5, 5.41) is 3.54. The summed E-state index contributed by atoms with van der Waals surface area (Å²) >= 11 is 7.34. The van der Waals surface area contributed by atoms with Gasteiger partial charge in [0.1, 0.15) is 0 Å². The molecule has 1 aromatic carbocycles. The van der Waals surface area contributed by atoms with Crippen LogP contribution < -0.4 is 25.4 Å². The number of amides is 1. The molecule has 2 atom stereocenters. The van der Waals surface area contributed by atoms with Crippen LogP contribution in [0.5, 0.6) is 11.5 Å². The van der Waals surface area contributed by atoms with E-state index in [1.54, 1.807) is 24.5 Å². The molecule has 0 unspecified atom stereocenters. The summed E-state index contributed by atoms with van der Waals surface area (Å²) in [5.74, 6) is 1.45. The Morgan fingerprint density at radius 1 is 1.26 bits per heavy atom. The van der Waals surface area contributed by atoms with Gasteiger partial charge in [0, 0.05) is 25.3 Å². The molecule has 13 heteroatoms. The molecule has 0 saturated carbocycles. The molecule has 2 aliphatic rings. The Morgan fingerprint density at radius 3 is 2.88 bits per heavy atom. The Bertz CT molecular complexity index is 1170. The second-order valence-corrected chi connectivity index (χ2v) is 9.09. The molecule has 1 amide bonds. The minimum Gasteiger partial charge on any atom is -0.454 e. The highest BCUT2D eigenvalue weighted by Gasteiger charge is 2.27. The number of nitrogens with zero attached hydrogens (tertiary/aromatic N) is 4. The van der Waals surface area contributed by atoms with Crippen LogP contribution in [0.4, 0.5) is 11.4 Å². The van der Waals surface area contributed by atoms with Crippen molar-refractivity contribution in [2.45, 2.75) is 19.4 Å². The van der Waals surface area contributed by atoms with Gasteiger partial charge in [-0.2, -0.15) is 4.37 Å². The third-order valence-corrected chi connectivity index (χ3v) is 6.44. The number of rotatable bonds is 4. The van der Waals surface area contributed by atoms with Gasteiger partial charge in [0.05, 0.1) is 28.2 Å². The van der Waals surface area contributed by atoms with Crippen molar-refractivity contribution in [3.05, 3.63) is 40.6 Å². The van der Waals surface area contributed by atoms with Gasteiger partial charge in [-0.05, 0) is 42.1 Å². The van der Waals surface area contributed by atoms with Crippen LogP contribution in [-0.4, -0.2) is 46.2 Å². The van der Waals surface area contributed by atoms with Gasteiger partial charge in [-0.25, -0.2) is 4.98 Å². The highest BCUT2D eigenvalue weighted by Crippen LogP contribution is 2.44. The molecule has 34 heavy (non-hydrogen) atoms. The molecule has 1 saturated heterocycles. The van der Waals surface area contributed by atoms with Gasteiger partial charge < -0.3 is 25.4 Å². The van der Waals surface area contributed by atoms with Crippen molar-refractivity contribution in [3.8, 4) is 22.9 Å². The Balaban J connectivity index is 0.00000162. The van der Waals surface area contributed by atoms with Crippen LogP contribution >= 0.6 is 47.9 Å². The van der Waals surface area contributed by atoms with Crippen LogP contribution in [0, 0.1) is 5.92 Å². The van der Waals surface area contributed by atoms with Crippen molar-refractivity contribution in [3.63, 3.8) is 0 Å². The van der Waals surface area contributed by atoms with Gasteiger partial charge >= 0.3 is 0 Å². The van der Waals surface area contributed by atoms with Gasteiger partial charge in [0.2, 0.25) is 11.8 Å². The van der Waals surface area contributed by atoms with Crippen LogP contribution in [-0.2, 0) is 0 Å². The lowest BCUT2D eigenvalue weighted by molar-refractivity contribution is 0.102. The number of nitrogens with one attached hydrogen (secondary N) is 1. The molecule has 0 radical (unpaired) electrons. The monoisotopic (exact) mass is 544 g/mol. The summed E-state index contributed by atoms with van der Waals surface area (Å²) in [5.41, 5.74) is 8.21. The largest absolute Gasteiger partial charge is 0.454 e. The summed E-state index contributed by atoms with van der Waals surface area (Å²) < 4.78 is 15.3. The Hall–Kier alpha value is -2.37. The Labute approximate surface area is 218 Å². The number of hydrogen-bond acceptors (Lipinski definition) is 9. The molecule has 2 aliphatic heterocycles. The van der Waals surface area contributed by atoms with E-state index in [0.29, 0.717) is 39.5 Å². The van der Waals surface area contributed by atoms with Crippen molar-refractivity contribution in [2.24, 2.45) is 11.7 Å². The van der Waals surface area contributed by atoms with Crippen LogP contribution in [0.1, 0.15) is 23.1 Å². The lowest BCUT2D eigenvalue weighted by atomic mass is 9.96. The highest BCUT2D eigenvalue weighted by molar-refractivity contribution is 7.08. The number of anilines is 2. The summed E-state index contributed by atoms with van der Waals surface area (Å²) in [6.07, 6.45) is 4.32. The average molecular weight is 546 g/mol. The minimum absolute atomic E-state index is 0. The number of nitrogens with two attached hydrogens (primary N) is 1. The smallest absolute Gasteiger partial charge is 0.286 e. The number of piperidine rings is 1. The van der Waals surface area contributed by atoms with Crippen LogP contribution in [0.15, 0.2) is 30.6 Å². The molecular formula is C21H23Cl3N6O3S. The lowest BCUT2D eigenvalue weighted by Gasteiger charge is -2.37. The second-order valence-electron chi connectivity index (χ2n) is 7.93. The topological polar surface area (TPSA) is 115 Å². The van der Waals surface area contributed by atoms with E-state index in [1.165, 1.54) is 0 Å². The fourth-order valence-electron chi connectivity index (χ4n) is 4.11. The van der Waals surface area contributed by atoms with Crippen LogP contribution in [0.3, 0.4) is 0 Å². The van der Waals surface area contributed by atoms with E-state index in [0.717, 1.165) is 36.7 Å². The van der Waals surface area contributed by atoms with Gasteiger partial charge in [0.25, 0.3) is 5.91 Å². The zero-order chi connectivity index (χ0) is 22.2. The van der Waals surface area contributed by atoms with Crippen molar-refractivity contribution in [1.82, 2.24) is 14.3 Å². The molecule has 3 N–H and O–H groups in total. The SMILES string of the molecule is C[C@@H]1C[C@H](N)CN(c2ccncc2NC(=O)c2nc(-c3c(Cl)ccc4c3OCO4)ns2)C1.Cl.Cl. The Morgan fingerprint density at radius 2 is 2.09 bits per heavy atom. The van der Waals surface area contributed by atoms with E-state index in [4.69, 9.17) is 26.8 Å². The summed E-state index contributed by atoms with van der Waals surface area (Å²) in [4.78, 5) is 23.7. The number of aromatic nitrogens is 3. The van der Waals surface area contributed by atoms with Gasteiger partial charge in [-0.15, -0.1) is 24.8 Å². The quantitative estimate of drug-likeness (QED) is 0.500. The van der Waals surface area contributed by atoms with E-state index < -0.39 is 0 Å². The number of carbonyl (C=O) groups is 1. The molecule has 4 heterocycles. The van der Waals surface area contributed by atoms with Gasteiger partial charge in [-0.1, -0.05) is 18.5 Å². The Kier molecular flexibility index (Phi) is 8.43. The predicted molar refractivity (Wildman–Crippen MR) is 137 cm³/mol. The first-order valence-corrected chi connectivity index (χ1v) is 11.3. The number of hydrogen-bond donors (Lipinski definition) is 2. The summed E-state index contributed by atoms with van der Waals surface area (Å²) in [7, 11) is 0. The molecular weight excluding hydrogens is 523 g/mol. The first-order chi connectivity index (χ1) is 15.5. The van der Waals surface area contributed by atoms with Crippen LogP contribution in [0.25, 0.3) is 11.4 Å². The fraction of sp³-hybridized carbons (Fsp3) is 0.333. The van der Waals surface area contributed by atoms with Crippen molar-refractivity contribution >= 4 is 65.2 Å². The van der Waals surface area contributed by atoms with Crippen molar-refractivity contribution < 1.29 is 14.3 Å². The maximum Gasteiger partial charge on any atom is 0.286 e. The maximum absolute atomic E-state index is 13.0. The fourth-order valence-corrected chi connectivity index (χ4v) is 4.90. The van der Waals surface area contributed by atoms with E-state index in [9.17, 15) is 4.79 Å². The molecule has 5 rings (SSSR count). The number of carbonyl (C=O) groups excluding carboxylic acids is 1. The second kappa shape index (κ2) is 10.9. The summed E-state index contributed by atoms with van der Waals surface area (Å²) in [6, 6.07) is 5.39. The molecule has 3 aromatic rings.